The van der Waals surface area contributed by atoms with Gasteiger partial charge in [-0.25, -0.2) is 0 Å². The standard InChI is InChI=1S/C18H21BrN2O2/c19-15-7-5-14(6-8-15)18(9-11-22-12-10-18)17-20-16(21-23-17)13-3-1-2-4-13/h5-8,13H,1-4,9-12H2. The first-order valence-electron chi connectivity index (χ1n) is 8.46. The number of hydrogen-bond donors (Lipinski definition) is 0. The maximum atomic E-state index is 5.78. The molecule has 1 saturated carbocycles. The highest BCUT2D eigenvalue weighted by atomic mass is 79.9. The van der Waals surface area contributed by atoms with E-state index in [4.69, 9.17) is 14.2 Å². The normalized spacial score (nSPS) is 21.6. The molecule has 4 nitrogen and oxygen atoms in total. The summed E-state index contributed by atoms with van der Waals surface area (Å²) in [5.74, 6) is 2.15. The van der Waals surface area contributed by atoms with Crippen LogP contribution in [0, 0.1) is 0 Å². The van der Waals surface area contributed by atoms with Crippen LogP contribution >= 0.6 is 15.9 Å². The SMILES string of the molecule is Brc1ccc(C2(c3nc(C4CCCC4)no3)CCOCC2)cc1. The van der Waals surface area contributed by atoms with Crippen LogP contribution in [0.2, 0.25) is 0 Å². The number of hydrogen-bond acceptors (Lipinski definition) is 4. The van der Waals surface area contributed by atoms with Gasteiger partial charge in [0.25, 0.3) is 0 Å². The second-order valence-corrected chi connectivity index (χ2v) is 7.56. The van der Waals surface area contributed by atoms with Crippen LogP contribution in [0.15, 0.2) is 33.3 Å². The average molecular weight is 377 g/mol. The Morgan fingerprint density at radius 1 is 1.04 bits per heavy atom. The molecule has 0 atom stereocenters. The Labute approximate surface area is 144 Å². The minimum atomic E-state index is -0.206. The third-order valence-corrected chi connectivity index (χ3v) is 5.84. The Hall–Kier alpha value is -1.20. The van der Waals surface area contributed by atoms with Gasteiger partial charge in [0.05, 0.1) is 5.41 Å². The van der Waals surface area contributed by atoms with E-state index in [1.165, 1.54) is 31.2 Å². The molecule has 4 rings (SSSR count). The molecule has 1 aliphatic heterocycles. The van der Waals surface area contributed by atoms with E-state index < -0.39 is 0 Å². The lowest BCUT2D eigenvalue weighted by Crippen LogP contribution is -2.35. The van der Waals surface area contributed by atoms with E-state index in [1.54, 1.807) is 0 Å². The van der Waals surface area contributed by atoms with Gasteiger partial charge in [-0.1, -0.05) is 46.1 Å². The first-order chi connectivity index (χ1) is 11.3. The number of ether oxygens (including phenoxy) is 1. The molecule has 0 radical (unpaired) electrons. The molecule has 2 fully saturated rings. The lowest BCUT2D eigenvalue weighted by molar-refractivity contribution is 0.0523. The minimum Gasteiger partial charge on any atom is -0.381 e. The molecular weight excluding hydrogens is 356 g/mol. The molecule has 0 bridgehead atoms. The van der Waals surface area contributed by atoms with Crippen molar-refractivity contribution in [3.63, 3.8) is 0 Å². The Morgan fingerprint density at radius 2 is 1.74 bits per heavy atom. The fourth-order valence-electron chi connectivity index (χ4n) is 3.89. The molecule has 1 aliphatic carbocycles. The molecule has 2 aliphatic rings. The van der Waals surface area contributed by atoms with Gasteiger partial charge in [0.15, 0.2) is 5.82 Å². The zero-order chi connectivity index (χ0) is 15.7. The van der Waals surface area contributed by atoms with Gasteiger partial charge < -0.3 is 9.26 Å². The van der Waals surface area contributed by atoms with Crippen molar-refractivity contribution in [2.24, 2.45) is 0 Å². The molecule has 23 heavy (non-hydrogen) atoms. The zero-order valence-corrected chi connectivity index (χ0v) is 14.7. The Kier molecular flexibility index (Phi) is 4.24. The van der Waals surface area contributed by atoms with Crippen LogP contribution < -0.4 is 0 Å². The molecular formula is C18H21BrN2O2. The van der Waals surface area contributed by atoms with E-state index in [9.17, 15) is 0 Å². The van der Waals surface area contributed by atoms with E-state index in [0.29, 0.717) is 5.92 Å². The Balaban J connectivity index is 1.72. The van der Waals surface area contributed by atoms with Crippen LogP contribution in [0.5, 0.6) is 0 Å². The highest BCUT2D eigenvalue weighted by Gasteiger charge is 2.42. The topological polar surface area (TPSA) is 48.2 Å². The van der Waals surface area contributed by atoms with Gasteiger partial charge in [-0.15, -0.1) is 0 Å². The molecule has 1 saturated heterocycles. The largest absolute Gasteiger partial charge is 0.381 e. The van der Waals surface area contributed by atoms with Crippen molar-refractivity contribution in [3.8, 4) is 0 Å². The summed E-state index contributed by atoms with van der Waals surface area (Å²) >= 11 is 3.52. The van der Waals surface area contributed by atoms with Crippen molar-refractivity contribution in [1.82, 2.24) is 10.1 Å². The quantitative estimate of drug-likeness (QED) is 0.785. The van der Waals surface area contributed by atoms with Crippen molar-refractivity contribution in [1.29, 1.82) is 0 Å². The second kappa shape index (κ2) is 6.36. The number of aromatic nitrogens is 2. The monoisotopic (exact) mass is 376 g/mol. The molecule has 5 heteroatoms. The summed E-state index contributed by atoms with van der Waals surface area (Å²) in [6.07, 6.45) is 6.71. The summed E-state index contributed by atoms with van der Waals surface area (Å²) in [6, 6.07) is 8.49. The summed E-state index contributed by atoms with van der Waals surface area (Å²) in [6.45, 7) is 1.47. The van der Waals surface area contributed by atoms with Gasteiger partial charge in [-0.05, 0) is 43.4 Å². The van der Waals surface area contributed by atoms with Crippen molar-refractivity contribution in [2.75, 3.05) is 13.2 Å². The van der Waals surface area contributed by atoms with E-state index in [0.717, 1.165) is 42.2 Å². The first kappa shape index (κ1) is 15.3. The number of nitrogens with zero attached hydrogens (tertiary/aromatic N) is 2. The molecule has 122 valence electrons. The maximum absolute atomic E-state index is 5.78. The van der Waals surface area contributed by atoms with Crippen molar-refractivity contribution in [2.45, 2.75) is 49.9 Å². The molecule has 1 aromatic heterocycles. The van der Waals surface area contributed by atoms with E-state index in [-0.39, 0.29) is 5.41 Å². The average Bonchev–Trinajstić information content (AvgIpc) is 3.28. The summed E-state index contributed by atoms with van der Waals surface area (Å²) in [5.41, 5.74) is 1.04. The summed E-state index contributed by atoms with van der Waals surface area (Å²) in [4.78, 5) is 4.84. The van der Waals surface area contributed by atoms with Gasteiger partial charge in [0.1, 0.15) is 0 Å². The van der Waals surface area contributed by atoms with Gasteiger partial charge in [-0.3, -0.25) is 0 Å². The number of rotatable bonds is 3. The van der Waals surface area contributed by atoms with Crippen LogP contribution in [-0.2, 0) is 10.2 Å². The van der Waals surface area contributed by atoms with E-state index in [1.807, 2.05) is 0 Å². The fourth-order valence-corrected chi connectivity index (χ4v) is 4.16. The highest BCUT2D eigenvalue weighted by Crippen LogP contribution is 2.42. The zero-order valence-electron chi connectivity index (χ0n) is 13.1. The van der Waals surface area contributed by atoms with Crippen LogP contribution in [-0.4, -0.2) is 23.4 Å². The van der Waals surface area contributed by atoms with Gasteiger partial charge in [-0.2, -0.15) is 4.98 Å². The highest BCUT2D eigenvalue weighted by molar-refractivity contribution is 9.10. The van der Waals surface area contributed by atoms with Crippen LogP contribution in [0.3, 0.4) is 0 Å². The van der Waals surface area contributed by atoms with Crippen LogP contribution in [0.25, 0.3) is 0 Å². The van der Waals surface area contributed by atoms with E-state index >= 15 is 0 Å². The number of benzene rings is 1. The Morgan fingerprint density at radius 3 is 2.43 bits per heavy atom. The lowest BCUT2D eigenvalue weighted by Gasteiger charge is -2.34. The van der Waals surface area contributed by atoms with Crippen molar-refractivity contribution >= 4 is 15.9 Å². The van der Waals surface area contributed by atoms with Gasteiger partial charge in [0, 0.05) is 23.6 Å². The lowest BCUT2D eigenvalue weighted by atomic mass is 9.74. The number of halogens is 1. The van der Waals surface area contributed by atoms with E-state index in [2.05, 4.69) is 45.4 Å². The minimum absolute atomic E-state index is 0.206. The third kappa shape index (κ3) is 2.85. The predicted molar refractivity (Wildman–Crippen MR) is 90.5 cm³/mol. The summed E-state index contributed by atoms with van der Waals surface area (Å²) in [5, 5.41) is 4.33. The summed E-state index contributed by atoms with van der Waals surface area (Å²) in [7, 11) is 0. The fraction of sp³-hybridized carbons (Fsp3) is 0.556. The first-order valence-corrected chi connectivity index (χ1v) is 9.25. The molecule has 0 amide bonds. The van der Waals surface area contributed by atoms with Gasteiger partial charge >= 0.3 is 0 Å². The molecule has 1 aromatic carbocycles. The van der Waals surface area contributed by atoms with Gasteiger partial charge in [0.2, 0.25) is 5.89 Å². The van der Waals surface area contributed by atoms with Crippen molar-refractivity contribution in [3.05, 3.63) is 46.0 Å². The molecule has 0 N–H and O–H groups in total. The third-order valence-electron chi connectivity index (χ3n) is 5.31. The maximum Gasteiger partial charge on any atom is 0.237 e. The molecule has 2 aromatic rings. The second-order valence-electron chi connectivity index (χ2n) is 6.64. The molecule has 0 unspecified atom stereocenters. The summed E-state index contributed by atoms with van der Waals surface area (Å²) < 4.78 is 12.5. The smallest absolute Gasteiger partial charge is 0.237 e. The van der Waals surface area contributed by atoms with Crippen molar-refractivity contribution < 1.29 is 9.26 Å². The van der Waals surface area contributed by atoms with Crippen LogP contribution in [0.1, 0.15) is 61.7 Å². The molecule has 0 spiro atoms. The Bertz CT molecular complexity index is 656. The predicted octanol–water partition coefficient (Wildman–Crippen LogP) is 4.59. The molecule has 2 heterocycles. The van der Waals surface area contributed by atoms with Crippen LogP contribution in [0.4, 0.5) is 0 Å².